The highest BCUT2D eigenvalue weighted by atomic mass is 16.5. The Kier molecular flexibility index (Phi) is 4.16. The molecular formula is C10H21NO2. The molecule has 3 nitrogen and oxygen atoms in total. The molecule has 1 aliphatic rings. The Bertz CT molecular complexity index is 142. The molecule has 2 N–H and O–H groups in total. The lowest BCUT2D eigenvalue weighted by Crippen LogP contribution is -2.45. The normalized spacial score (nSPS) is 28.4. The summed E-state index contributed by atoms with van der Waals surface area (Å²) in [4.78, 5) is 0. The summed E-state index contributed by atoms with van der Waals surface area (Å²) in [6, 6.07) is 0.437. The summed E-state index contributed by atoms with van der Waals surface area (Å²) in [6.45, 7) is 6.21. The molecule has 0 aromatic heterocycles. The van der Waals surface area contributed by atoms with Gasteiger partial charge in [-0.2, -0.15) is 0 Å². The second-order valence-corrected chi connectivity index (χ2v) is 4.15. The molecule has 0 bridgehead atoms. The van der Waals surface area contributed by atoms with Crippen molar-refractivity contribution in [2.45, 2.75) is 44.8 Å². The zero-order valence-electron chi connectivity index (χ0n) is 8.68. The third-order valence-corrected chi connectivity index (χ3v) is 2.69. The van der Waals surface area contributed by atoms with Crippen LogP contribution in [-0.2, 0) is 4.74 Å². The minimum atomic E-state index is -0.572. The second kappa shape index (κ2) is 4.94. The van der Waals surface area contributed by atoms with E-state index in [0.29, 0.717) is 12.6 Å². The fourth-order valence-corrected chi connectivity index (χ4v) is 1.39. The van der Waals surface area contributed by atoms with E-state index in [2.05, 4.69) is 5.32 Å². The van der Waals surface area contributed by atoms with Crippen LogP contribution in [0.1, 0.15) is 33.1 Å². The van der Waals surface area contributed by atoms with E-state index < -0.39 is 5.60 Å². The summed E-state index contributed by atoms with van der Waals surface area (Å²) in [5, 5.41) is 13.1. The number of hydrogen-bond donors (Lipinski definition) is 2. The van der Waals surface area contributed by atoms with Gasteiger partial charge in [0.25, 0.3) is 0 Å². The van der Waals surface area contributed by atoms with Crippen molar-refractivity contribution in [3.8, 4) is 0 Å². The van der Waals surface area contributed by atoms with Gasteiger partial charge in [-0.15, -0.1) is 0 Å². The highest BCUT2D eigenvalue weighted by molar-refractivity contribution is 4.78. The zero-order chi connectivity index (χ0) is 9.73. The van der Waals surface area contributed by atoms with Gasteiger partial charge in [-0.3, -0.25) is 0 Å². The molecule has 2 unspecified atom stereocenters. The Morgan fingerprint density at radius 3 is 2.92 bits per heavy atom. The molecule has 13 heavy (non-hydrogen) atoms. The molecule has 0 spiro atoms. The van der Waals surface area contributed by atoms with Crippen LogP contribution in [0.5, 0.6) is 0 Å². The molecule has 1 saturated heterocycles. The van der Waals surface area contributed by atoms with E-state index in [4.69, 9.17) is 4.74 Å². The van der Waals surface area contributed by atoms with Crippen molar-refractivity contribution in [1.29, 1.82) is 0 Å². The molecule has 2 atom stereocenters. The van der Waals surface area contributed by atoms with Crippen molar-refractivity contribution >= 4 is 0 Å². The monoisotopic (exact) mass is 187 g/mol. The first-order chi connectivity index (χ1) is 6.14. The van der Waals surface area contributed by atoms with E-state index in [0.717, 1.165) is 26.1 Å². The fraction of sp³-hybridized carbons (Fsp3) is 1.00. The molecule has 1 rings (SSSR count). The first-order valence-corrected chi connectivity index (χ1v) is 5.17. The van der Waals surface area contributed by atoms with Gasteiger partial charge in [0, 0.05) is 19.2 Å². The molecule has 78 valence electrons. The lowest BCUT2D eigenvalue weighted by atomic mass is 10.0. The maximum absolute atomic E-state index is 9.75. The van der Waals surface area contributed by atoms with Crippen LogP contribution in [0.2, 0.25) is 0 Å². The van der Waals surface area contributed by atoms with Gasteiger partial charge in [0.05, 0.1) is 12.2 Å². The number of nitrogens with one attached hydrogen (secondary N) is 1. The molecule has 0 saturated carbocycles. The van der Waals surface area contributed by atoms with Gasteiger partial charge in [0.15, 0.2) is 0 Å². The summed E-state index contributed by atoms with van der Waals surface area (Å²) >= 11 is 0. The largest absolute Gasteiger partial charge is 0.389 e. The van der Waals surface area contributed by atoms with Crippen LogP contribution in [0.3, 0.4) is 0 Å². The van der Waals surface area contributed by atoms with E-state index in [1.54, 1.807) is 0 Å². The zero-order valence-corrected chi connectivity index (χ0v) is 8.68. The lowest BCUT2D eigenvalue weighted by Gasteiger charge is -2.28. The summed E-state index contributed by atoms with van der Waals surface area (Å²) < 4.78 is 5.34. The minimum absolute atomic E-state index is 0.437. The molecule has 1 heterocycles. The molecule has 0 amide bonds. The van der Waals surface area contributed by atoms with Gasteiger partial charge in [-0.25, -0.2) is 0 Å². The van der Waals surface area contributed by atoms with Crippen LogP contribution in [0.4, 0.5) is 0 Å². The first-order valence-electron chi connectivity index (χ1n) is 5.17. The molecule has 1 fully saturated rings. The van der Waals surface area contributed by atoms with Gasteiger partial charge in [0.1, 0.15) is 0 Å². The van der Waals surface area contributed by atoms with Crippen LogP contribution in [0.15, 0.2) is 0 Å². The Hall–Kier alpha value is -0.120. The third-order valence-electron chi connectivity index (χ3n) is 2.69. The van der Waals surface area contributed by atoms with Crippen molar-refractivity contribution in [3.63, 3.8) is 0 Å². The number of hydrogen-bond acceptors (Lipinski definition) is 3. The standard InChI is InChI=1S/C10H21NO2/c1-3-10(2,12)8-11-9-5-4-6-13-7-9/h9,11-12H,3-8H2,1-2H3. The Labute approximate surface area is 80.5 Å². The van der Waals surface area contributed by atoms with Crippen molar-refractivity contribution in [3.05, 3.63) is 0 Å². The average Bonchev–Trinajstić information content (AvgIpc) is 2.17. The van der Waals surface area contributed by atoms with Gasteiger partial charge in [-0.1, -0.05) is 6.92 Å². The Morgan fingerprint density at radius 1 is 1.62 bits per heavy atom. The minimum Gasteiger partial charge on any atom is -0.389 e. The molecule has 3 heteroatoms. The SMILES string of the molecule is CCC(C)(O)CNC1CCCOC1. The van der Waals surface area contributed by atoms with Crippen molar-refractivity contribution in [2.24, 2.45) is 0 Å². The maximum Gasteiger partial charge on any atom is 0.0741 e. The number of ether oxygens (including phenoxy) is 1. The number of aliphatic hydroxyl groups is 1. The Morgan fingerprint density at radius 2 is 2.38 bits per heavy atom. The quantitative estimate of drug-likeness (QED) is 0.687. The molecule has 1 aliphatic heterocycles. The molecule has 0 radical (unpaired) electrons. The predicted octanol–water partition coefficient (Wildman–Crippen LogP) is 0.916. The predicted molar refractivity (Wildman–Crippen MR) is 52.8 cm³/mol. The summed E-state index contributed by atoms with van der Waals surface area (Å²) in [5.74, 6) is 0. The summed E-state index contributed by atoms with van der Waals surface area (Å²) in [7, 11) is 0. The van der Waals surface area contributed by atoms with E-state index in [1.165, 1.54) is 6.42 Å². The molecule has 0 aliphatic carbocycles. The van der Waals surface area contributed by atoms with Crippen LogP contribution in [0.25, 0.3) is 0 Å². The van der Waals surface area contributed by atoms with Crippen LogP contribution in [-0.4, -0.2) is 36.5 Å². The van der Waals surface area contributed by atoms with Crippen molar-refractivity contribution < 1.29 is 9.84 Å². The first kappa shape index (κ1) is 11.0. The molecular weight excluding hydrogens is 166 g/mol. The topological polar surface area (TPSA) is 41.5 Å². The molecule has 0 aromatic carbocycles. The number of rotatable bonds is 4. The van der Waals surface area contributed by atoms with Crippen molar-refractivity contribution in [1.82, 2.24) is 5.32 Å². The maximum atomic E-state index is 9.75. The third kappa shape index (κ3) is 4.07. The summed E-state index contributed by atoms with van der Waals surface area (Å²) in [5.41, 5.74) is -0.572. The van der Waals surface area contributed by atoms with Gasteiger partial charge in [-0.05, 0) is 26.2 Å². The Balaban J connectivity index is 2.17. The van der Waals surface area contributed by atoms with E-state index in [1.807, 2.05) is 13.8 Å². The van der Waals surface area contributed by atoms with Crippen LogP contribution >= 0.6 is 0 Å². The van der Waals surface area contributed by atoms with Crippen molar-refractivity contribution in [2.75, 3.05) is 19.8 Å². The van der Waals surface area contributed by atoms with Crippen LogP contribution < -0.4 is 5.32 Å². The fourth-order valence-electron chi connectivity index (χ4n) is 1.39. The van der Waals surface area contributed by atoms with Gasteiger partial charge < -0.3 is 15.2 Å². The van der Waals surface area contributed by atoms with Crippen LogP contribution in [0, 0.1) is 0 Å². The average molecular weight is 187 g/mol. The van der Waals surface area contributed by atoms with E-state index in [9.17, 15) is 5.11 Å². The second-order valence-electron chi connectivity index (χ2n) is 4.15. The molecule has 0 aromatic rings. The highest BCUT2D eigenvalue weighted by Gasteiger charge is 2.20. The van der Waals surface area contributed by atoms with Gasteiger partial charge >= 0.3 is 0 Å². The highest BCUT2D eigenvalue weighted by Crippen LogP contribution is 2.10. The summed E-state index contributed by atoms with van der Waals surface area (Å²) in [6.07, 6.45) is 3.08. The van der Waals surface area contributed by atoms with E-state index in [-0.39, 0.29) is 0 Å². The van der Waals surface area contributed by atoms with E-state index >= 15 is 0 Å². The van der Waals surface area contributed by atoms with Gasteiger partial charge in [0.2, 0.25) is 0 Å². The lowest BCUT2D eigenvalue weighted by molar-refractivity contribution is 0.0325. The smallest absolute Gasteiger partial charge is 0.0741 e.